The van der Waals surface area contributed by atoms with Gasteiger partial charge in [0, 0.05) is 19.4 Å². The summed E-state index contributed by atoms with van der Waals surface area (Å²) in [6.07, 6.45) is 30.4. The summed E-state index contributed by atoms with van der Waals surface area (Å²) < 4.78 is 0. The molecule has 0 radical (unpaired) electrons. The van der Waals surface area contributed by atoms with Crippen molar-refractivity contribution in [1.82, 2.24) is 10.6 Å². The molecule has 0 aliphatic heterocycles. The van der Waals surface area contributed by atoms with Crippen molar-refractivity contribution in [1.29, 1.82) is 0 Å². The third-order valence-electron chi connectivity index (χ3n) is 8.02. The minimum absolute atomic E-state index is 0.169. The average molecular weight is 567 g/mol. The van der Waals surface area contributed by atoms with E-state index >= 15 is 0 Å². The molecule has 0 saturated heterocycles. The Morgan fingerprint density at radius 3 is 1.55 bits per heavy atom. The van der Waals surface area contributed by atoms with Crippen LogP contribution >= 0.6 is 0 Å². The standard InChI is InChI=1S/C34H70N4O2/c1-2-3-4-5-6-7-8-9-10-11-14-17-20-27-34(40)38-31-23-21-25-32(36)33(39)26-19-16-13-12-15-18-22-29-37-30-24-28-35/h32,37H,2-31,35-36H2,1H3,(H,38,40)/t32-/m1/s1. The van der Waals surface area contributed by atoms with Gasteiger partial charge in [-0.05, 0) is 64.6 Å². The normalized spacial score (nSPS) is 12.1. The van der Waals surface area contributed by atoms with E-state index in [9.17, 15) is 9.59 Å². The summed E-state index contributed by atoms with van der Waals surface area (Å²) in [4.78, 5) is 24.3. The number of amides is 1. The Bertz CT molecular complexity index is 544. The van der Waals surface area contributed by atoms with Gasteiger partial charge < -0.3 is 22.1 Å². The maximum absolute atomic E-state index is 12.3. The molecule has 0 unspecified atom stereocenters. The fraction of sp³-hybridized carbons (Fsp3) is 0.941. The molecule has 0 spiro atoms. The molecular formula is C34H70N4O2. The number of carbonyl (C=O) groups is 2. The minimum Gasteiger partial charge on any atom is -0.356 e. The monoisotopic (exact) mass is 567 g/mol. The summed E-state index contributed by atoms with van der Waals surface area (Å²) in [7, 11) is 0. The highest BCUT2D eigenvalue weighted by Crippen LogP contribution is 2.13. The van der Waals surface area contributed by atoms with Gasteiger partial charge in [0.2, 0.25) is 5.91 Å². The number of Topliss-reactive ketones (excluding diaryl/α,β-unsaturated/α-hetero) is 1. The topological polar surface area (TPSA) is 110 Å². The van der Waals surface area contributed by atoms with E-state index in [4.69, 9.17) is 11.5 Å². The van der Waals surface area contributed by atoms with Crippen molar-refractivity contribution < 1.29 is 9.59 Å². The zero-order valence-electron chi connectivity index (χ0n) is 26.8. The molecule has 40 heavy (non-hydrogen) atoms. The van der Waals surface area contributed by atoms with E-state index in [0.717, 1.165) is 71.0 Å². The first kappa shape index (κ1) is 39.0. The van der Waals surface area contributed by atoms with Crippen molar-refractivity contribution in [3.05, 3.63) is 0 Å². The van der Waals surface area contributed by atoms with Gasteiger partial charge in [-0.1, -0.05) is 116 Å². The van der Waals surface area contributed by atoms with E-state index in [-0.39, 0.29) is 17.7 Å². The van der Waals surface area contributed by atoms with E-state index in [1.807, 2.05) is 0 Å². The van der Waals surface area contributed by atoms with Crippen LogP contribution in [-0.2, 0) is 9.59 Å². The van der Waals surface area contributed by atoms with Gasteiger partial charge in [0.25, 0.3) is 0 Å². The lowest BCUT2D eigenvalue weighted by molar-refractivity contribution is -0.122. The molecule has 0 aliphatic rings. The molecule has 1 atom stereocenters. The van der Waals surface area contributed by atoms with E-state index in [2.05, 4.69) is 17.6 Å². The molecule has 0 heterocycles. The third kappa shape index (κ3) is 30.0. The van der Waals surface area contributed by atoms with Crippen molar-refractivity contribution in [2.45, 2.75) is 180 Å². The quantitative estimate of drug-likeness (QED) is 0.0608. The molecule has 238 valence electrons. The van der Waals surface area contributed by atoms with Gasteiger partial charge >= 0.3 is 0 Å². The molecule has 0 bridgehead atoms. The minimum atomic E-state index is -0.340. The van der Waals surface area contributed by atoms with Crippen LogP contribution in [0.1, 0.15) is 174 Å². The molecule has 0 aromatic rings. The zero-order chi connectivity index (χ0) is 29.4. The van der Waals surface area contributed by atoms with Crippen molar-refractivity contribution in [3.63, 3.8) is 0 Å². The molecule has 0 aromatic heterocycles. The highest BCUT2D eigenvalue weighted by molar-refractivity contribution is 5.83. The first-order valence-electron chi connectivity index (χ1n) is 17.6. The number of hydrogen-bond donors (Lipinski definition) is 4. The largest absolute Gasteiger partial charge is 0.356 e. The summed E-state index contributed by atoms with van der Waals surface area (Å²) in [5, 5.41) is 6.46. The van der Waals surface area contributed by atoms with Gasteiger partial charge in [0.05, 0.1) is 6.04 Å². The number of hydrogen-bond acceptors (Lipinski definition) is 5. The van der Waals surface area contributed by atoms with Crippen LogP contribution in [0.4, 0.5) is 0 Å². The smallest absolute Gasteiger partial charge is 0.219 e. The predicted octanol–water partition coefficient (Wildman–Crippen LogP) is 7.71. The molecule has 0 aliphatic carbocycles. The van der Waals surface area contributed by atoms with Gasteiger partial charge in [-0.15, -0.1) is 0 Å². The van der Waals surface area contributed by atoms with E-state index < -0.39 is 0 Å². The number of unbranched alkanes of at least 4 members (excludes halogenated alkanes) is 19. The summed E-state index contributed by atoms with van der Waals surface area (Å²) >= 11 is 0. The lowest BCUT2D eigenvalue weighted by Crippen LogP contribution is -2.30. The highest BCUT2D eigenvalue weighted by atomic mass is 16.1. The Balaban J connectivity index is 3.38. The fourth-order valence-electron chi connectivity index (χ4n) is 5.24. The molecule has 1 amide bonds. The van der Waals surface area contributed by atoms with Gasteiger partial charge in [0.15, 0.2) is 0 Å². The molecule has 0 aromatic carbocycles. The second-order valence-corrected chi connectivity index (χ2v) is 12.0. The molecule has 0 rings (SSSR count). The first-order chi connectivity index (χ1) is 19.6. The van der Waals surface area contributed by atoms with Gasteiger partial charge in [0.1, 0.15) is 5.78 Å². The number of nitrogens with two attached hydrogens (primary N) is 2. The van der Waals surface area contributed by atoms with E-state index in [1.165, 1.54) is 103 Å². The molecule has 0 saturated carbocycles. The van der Waals surface area contributed by atoms with Crippen LogP contribution < -0.4 is 22.1 Å². The zero-order valence-corrected chi connectivity index (χ0v) is 26.8. The summed E-state index contributed by atoms with van der Waals surface area (Å²) in [5.74, 6) is 0.373. The summed E-state index contributed by atoms with van der Waals surface area (Å²) in [6, 6.07) is -0.340. The number of ketones is 1. The van der Waals surface area contributed by atoms with Gasteiger partial charge in [-0.2, -0.15) is 0 Å². The Morgan fingerprint density at radius 1 is 0.550 bits per heavy atom. The van der Waals surface area contributed by atoms with Crippen LogP contribution in [0.5, 0.6) is 0 Å². The molecule has 6 N–H and O–H groups in total. The first-order valence-corrected chi connectivity index (χ1v) is 17.6. The van der Waals surface area contributed by atoms with Crippen molar-refractivity contribution in [2.75, 3.05) is 26.2 Å². The number of nitrogens with one attached hydrogen (secondary N) is 2. The maximum atomic E-state index is 12.3. The van der Waals surface area contributed by atoms with Crippen molar-refractivity contribution in [3.8, 4) is 0 Å². The van der Waals surface area contributed by atoms with Gasteiger partial charge in [-0.3, -0.25) is 9.59 Å². The molecular weight excluding hydrogens is 496 g/mol. The predicted molar refractivity (Wildman–Crippen MR) is 174 cm³/mol. The van der Waals surface area contributed by atoms with Crippen LogP contribution in [0.2, 0.25) is 0 Å². The lowest BCUT2D eigenvalue weighted by atomic mass is 10.0. The SMILES string of the molecule is CCCCCCCCCCCCCCCC(=O)NCCCC[C@@H](N)C(=O)CCCCCCCCCNCCCN. The lowest BCUT2D eigenvalue weighted by Gasteiger charge is -2.11. The number of carbonyl (C=O) groups excluding carboxylic acids is 2. The molecule has 0 fully saturated rings. The van der Waals surface area contributed by atoms with E-state index in [0.29, 0.717) is 19.4 Å². The summed E-state index contributed by atoms with van der Waals surface area (Å²) in [5.41, 5.74) is 11.6. The highest BCUT2D eigenvalue weighted by Gasteiger charge is 2.12. The average Bonchev–Trinajstić information content (AvgIpc) is 2.95. The van der Waals surface area contributed by atoms with Crippen LogP contribution in [0.25, 0.3) is 0 Å². The Morgan fingerprint density at radius 2 is 1.00 bits per heavy atom. The van der Waals surface area contributed by atoms with Crippen molar-refractivity contribution >= 4 is 11.7 Å². The second kappa shape index (κ2) is 32.5. The summed E-state index contributed by atoms with van der Waals surface area (Å²) in [6.45, 7) is 5.86. The Kier molecular flexibility index (Phi) is 31.7. The fourth-order valence-corrected chi connectivity index (χ4v) is 5.24. The van der Waals surface area contributed by atoms with Crippen LogP contribution in [-0.4, -0.2) is 43.9 Å². The number of rotatable bonds is 33. The Labute approximate surface area is 249 Å². The molecule has 6 nitrogen and oxygen atoms in total. The molecule has 6 heteroatoms. The maximum Gasteiger partial charge on any atom is 0.219 e. The second-order valence-electron chi connectivity index (χ2n) is 12.0. The van der Waals surface area contributed by atoms with Crippen LogP contribution in [0.15, 0.2) is 0 Å². The van der Waals surface area contributed by atoms with Crippen LogP contribution in [0, 0.1) is 0 Å². The van der Waals surface area contributed by atoms with Crippen LogP contribution in [0.3, 0.4) is 0 Å². The third-order valence-corrected chi connectivity index (χ3v) is 8.02. The van der Waals surface area contributed by atoms with Gasteiger partial charge in [-0.25, -0.2) is 0 Å². The van der Waals surface area contributed by atoms with E-state index in [1.54, 1.807) is 0 Å². The van der Waals surface area contributed by atoms with Crippen molar-refractivity contribution in [2.24, 2.45) is 11.5 Å². The Hall–Kier alpha value is -0.980.